The number of anilines is 1. The molecule has 9 heteroatoms. The lowest BCUT2D eigenvalue weighted by molar-refractivity contribution is -0.153. The molecule has 21 heavy (non-hydrogen) atoms. The maximum atomic E-state index is 12.7. The number of nitrogens with one attached hydrogen (secondary N) is 2. The molecule has 0 saturated heterocycles. The monoisotopic (exact) mass is 303 g/mol. The molecule has 112 valence electrons. The van der Waals surface area contributed by atoms with Crippen LogP contribution in [0.3, 0.4) is 0 Å². The Bertz CT molecular complexity index is 650. The van der Waals surface area contributed by atoms with Crippen molar-refractivity contribution < 1.29 is 26.8 Å². The number of halogens is 4. The zero-order chi connectivity index (χ0) is 15.6. The highest BCUT2D eigenvalue weighted by Crippen LogP contribution is 2.32. The quantitative estimate of drug-likeness (QED) is 0.676. The number of rotatable bonds is 3. The summed E-state index contributed by atoms with van der Waals surface area (Å²) in [5, 5.41) is 0. The van der Waals surface area contributed by atoms with E-state index in [4.69, 9.17) is 0 Å². The van der Waals surface area contributed by atoms with Crippen LogP contribution >= 0.6 is 0 Å². The lowest BCUT2D eigenvalue weighted by atomic mass is 10.3. The predicted octanol–water partition coefficient (Wildman–Crippen LogP) is 2.90. The first kappa shape index (κ1) is 14.8. The van der Waals surface area contributed by atoms with Crippen LogP contribution in [0.5, 0.6) is 0 Å². The predicted molar refractivity (Wildman–Crippen MR) is 63.7 cm³/mol. The van der Waals surface area contributed by atoms with Gasteiger partial charge in [0.1, 0.15) is 5.82 Å². The van der Waals surface area contributed by atoms with Gasteiger partial charge in [-0.15, -0.1) is 0 Å². The highest BCUT2D eigenvalue weighted by molar-refractivity contribution is 5.94. The minimum Gasteiger partial charge on any atom is -0.436 e. The Balaban J connectivity index is 2.12. The molecule has 0 fully saturated rings. The van der Waals surface area contributed by atoms with E-state index >= 15 is 0 Å². The van der Waals surface area contributed by atoms with Crippen molar-refractivity contribution in [2.45, 2.75) is 13.1 Å². The number of oxazole rings is 1. The first-order valence-corrected chi connectivity index (χ1v) is 5.64. The van der Waals surface area contributed by atoms with E-state index in [0.29, 0.717) is 5.69 Å². The van der Waals surface area contributed by atoms with Crippen LogP contribution < -0.4 is 10.9 Å². The average Bonchev–Trinajstić information content (AvgIpc) is 2.80. The summed E-state index contributed by atoms with van der Waals surface area (Å²) in [5.41, 5.74) is 3.78. The molecule has 5 nitrogen and oxygen atoms in total. The number of alkyl halides is 3. The number of aryl methyl sites for hydroxylation is 1. The van der Waals surface area contributed by atoms with Crippen LogP contribution in [0.15, 0.2) is 28.7 Å². The number of carbonyl (C=O) groups excluding carboxylic acids is 1. The van der Waals surface area contributed by atoms with Gasteiger partial charge in [0.15, 0.2) is 11.6 Å². The fourth-order valence-corrected chi connectivity index (χ4v) is 1.49. The molecule has 2 aromatic rings. The van der Waals surface area contributed by atoms with Crippen LogP contribution in [0.4, 0.5) is 23.2 Å². The smallest absolute Gasteiger partial charge is 0.436 e. The molecule has 0 aliphatic heterocycles. The lowest BCUT2D eigenvalue weighted by Crippen LogP contribution is -2.31. The van der Waals surface area contributed by atoms with Crippen molar-refractivity contribution in [1.82, 2.24) is 10.4 Å². The third-order valence-corrected chi connectivity index (χ3v) is 2.37. The van der Waals surface area contributed by atoms with Crippen LogP contribution in [0.2, 0.25) is 0 Å². The average molecular weight is 303 g/mol. The standard InChI is InChI=1S/C12H9F4N3O2/c1-6-17-9(10(21-6)12(14,15)16)11(20)19-18-8-4-2-7(13)3-5-8/h2-5,18H,1H3,(H,19,20). The Morgan fingerprint density at radius 1 is 1.24 bits per heavy atom. The molecule has 1 amide bonds. The summed E-state index contributed by atoms with van der Waals surface area (Å²) in [6, 6.07) is 4.84. The molecule has 2 rings (SSSR count). The Labute approximate surface area is 115 Å². The van der Waals surface area contributed by atoms with Crippen molar-refractivity contribution in [3.05, 3.63) is 47.4 Å². The van der Waals surface area contributed by atoms with Crippen LogP contribution in [-0.4, -0.2) is 10.9 Å². The van der Waals surface area contributed by atoms with E-state index in [0.717, 1.165) is 12.1 Å². The molecule has 0 radical (unpaired) electrons. The van der Waals surface area contributed by atoms with Gasteiger partial charge in [-0.2, -0.15) is 13.2 Å². The maximum absolute atomic E-state index is 12.7. The fraction of sp³-hybridized carbons (Fsp3) is 0.167. The highest BCUT2D eigenvalue weighted by Gasteiger charge is 2.41. The number of nitrogens with zero attached hydrogens (tertiary/aromatic N) is 1. The number of hydrogen-bond donors (Lipinski definition) is 2. The normalized spacial score (nSPS) is 11.3. The van der Waals surface area contributed by atoms with Gasteiger partial charge in [0.05, 0.1) is 5.69 Å². The maximum Gasteiger partial charge on any atom is 0.452 e. The third-order valence-electron chi connectivity index (χ3n) is 2.37. The molecule has 0 spiro atoms. The van der Waals surface area contributed by atoms with Crippen LogP contribution in [0, 0.1) is 12.7 Å². The third kappa shape index (κ3) is 3.50. The Morgan fingerprint density at radius 2 is 1.86 bits per heavy atom. The van der Waals surface area contributed by atoms with Gasteiger partial charge in [-0.05, 0) is 24.3 Å². The SMILES string of the molecule is Cc1nc(C(=O)NNc2ccc(F)cc2)c(C(F)(F)F)o1. The summed E-state index contributed by atoms with van der Waals surface area (Å²) < 4.78 is 55.0. The summed E-state index contributed by atoms with van der Waals surface area (Å²) >= 11 is 0. The van der Waals surface area contributed by atoms with E-state index in [2.05, 4.69) is 14.8 Å². The zero-order valence-electron chi connectivity index (χ0n) is 10.6. The topological polar surface area (TPSA) is 67.2 Å². The van der Waals surface area contributed by atoms with Gasteiger partial charge in [0.25, 0.3) is 5.91 Å². The summed E-state index contributed by atoms with van der Waals surface area (Å²) in [4.78, 5) is 15.1. The largest absolute Gasteiger partial charge is 0.452 e. The van der Waals surface area contributed by atoms with Crippen molar-refractivity contribution in [3.8, 4) is 0 Å². The van der Waals surface area contributed by atoms with Crippen molar-refractivity contribution in [3.63, 3.8) is 0 Å². The summed E-state index contributed by atoms with van der Waals surface area (Å²) in [6.07, 6.45) is -4.83. The van der Waals surface area contributed by atoms with Gasteiger partial charge in [-0.1, -0.05) is 0 Å². The van der Waals surface area contributed by atoms with Crippen LogP contribution in [0.25, 0.3) is 0 Å². The molecule has 0 aliphatic carbocycles. The van der Waals surface area contributed by atoms with E-state index in [1.54, 1.807) is 0 Å². The molecular formula is C12H9F4N3O2. The second-order valence-electron chi connectivity index (χ2n) is 3.99. The number of hydrazine groups is 1. The highest BCUT2D eigenvalue weighted by atomic mass is 19.4. The van der Waals surface area contributed by atoms with Gasteiger partial charge in [0.2, 0.25) is 5.76 Å². The summed E-state index contributed by atoms with van der Waals surface area (Å²) in [7, 11) is 0. The van der Waals surface area contributed by atoms with Crippen molar-refractivity contribution in [2.24, 2.45) is 0 Å². The molecule has 1 aromatic carbocycles. The number of aromatic nitrogens is 1. The van der Waals surface area contributed by atoms with E-state index in [-0.39, 0.29) is 5.89 Å². The molecule has 0 unspecified atom stereocenters. The molecular weight excluding hydrogens is 294 g/mol. The molecule has 0 atom stereocenters. The fourth-order valence-electron chi connectivity index (χ4n) is 1.49. The van der Waals surface area contributed by atoms with Crippen LogP contribution in [0.1, 0.15) is 22.1 Å². The number of amides is 1. The van der Waals surface area contributed by atoms with Gasteiger partial charge in [0, 0.05) is 6.92 Å². The number of carbonyl (C=O) groups is 1. The van der Waals surface area contributed by atoms with Crippen LogP contribution in [-0.2, 0) is 6.18 Å². The van der Waals surface area contributed by atoms with Gasteiger partial charge in [-0.25, -0.2) is 9.37 Å². The minimum absolute atomic E-state index is 0.283. The number of benzene rings is 1. The molecule has 1 heterocycles. The van der Waals surface area contributed by atoms with E-state index < -0.39 is 29.4 Å². The second-order valence-corrected chi connectivity index (χ2v) is 3.99. The first-order chi connectivity index (χ1) is 9.77. The van der Waals surface area contributed by atoms with E-state index in [1.807, 2.05) is 5.43 Å². The second kappa shape index (κ2) is 5.43. The van der Waals surface area contributed by atoms with Gasteiger partial charge < -0.3 is 4.42 Å². The Kier molecular flexibility index (Phi) is 3.83. The minimum atomic E-state index is -4.83. The van der Waals surface area contributed by atoms with E-state index in [9.17, 15) is 22.4 Å². The lowest BCUT2D eigenvalue weighted by Gasteiger charge is -2.08. The zero-order valence-corrected chi connectivity index (χ0v) is 10.6. The first-order valence-electron chi connectivity index (χ1n) is 5.64. The van der Waals surface area contributed by atoms with E-state index in [1.165, 1.54) is 19.1 Å². The molecule has 0 bridgehead atoms. The molecule has 1 aromatic heterocycles. The van der Waals surface area contributed by atoms with Gasteiger partial charge in [-0.3, -0.25) is 15.6 Å². The summed E-state index contributed by atoms with van der Waals surface area (Å²) in [6.45, 7) is 1.19. The van der Waals surface area contributed by atoms with Gasteiger partial charge >= 0.3 is 6.18 Å². The Hall–Kier alpha value is -2.58. The number of hydrogen-bond acceptors (Lipinski definition) is 4. The molecule has 2 N–H and O–H groups in total. The Morgan fingerprint density at radius 3 is 2.43 bits per heavy atom. The van der Waals surface area contributed by atoms with Crippen molar-refractivity contribution in [2.75, 3.05) is 5.43 Å². The molecule has 0 aliphatic rings. The molecule has 0 saturated carbocycles. The summed E-state index contributed by atoms with van der Waals surface area (Å²) in [5.74, 6) is -3.37. The van der Waals surface area contributed by atoms with Crippen molar-refractivity contribution in [1.29, 1.82) is 0 Å². The van der Waals surface area contributed by atoms with Crippen molar-refractivity contribution >= 4 is 11.6 Å².